The van der Waals surface area contributed by atoms with Crippen molar-refractivity contribution in [1.29, 1.82) is 0 Å². The molecule has 0 aliphatic heterocycles. The van der Waals surface area contributed by atoms with Gasteiger partial charge in [-0.2, -0.15) is 0 Å². The standard InChI is InChI=1S/C10H19N3S/c1-10(2,3)7-12-5-4-8-6-14-9(11)13-8/h6,12H,4-5,7H2,1-3H3,(H2,11,13). The van der Waals surface area contributed by atoms with Crippen molar-refractivity contribution in [2.24, 2.45) is 5.41 Å². The Labute approximate surface area is 89.7 Å². The molecule has 0 saturated carbocycles. The van der Waals surface area contributed by atoms with Crippen molar-refractivity contribution in [1.82, 2.24) is 10.3 Å². The number of anilines is 1. The molecule has 0 unspecified atom stereocenters. The molecule has 0 aromatic carbocycles. The number of aromatic nitrogens is 1. The quantitative estimate of drug-likeness (QED) is 0.751. The summed E-state index contributed by atoms with van der Waals surface area (Å²) in [6, 6.07) is 0. The molecular formula is C10H19N3S. The zero-order chi connectivity index (χ0) is 10.6. The third-order valence-electron chi connectivity index (χ3n) is 1.78. The minimum atomic E-state index is 0.348. The zero-order valence-electron chi connectivity index (χ0n) is 9.13. The predicted molar refractivity (Wildman–Crippen MR) is 62.6 cm³/mol. The van der Waals surface area contributed by atoms with Crippen molar-refractivity contribution in [3.8, 4) is 0 Å². The summed E-state index contributed by atoms with van der Waals surface area (Å²) in [4.78, 5) is 4.20. The molecule has 0 bridgehead atoms. The van der Waals surface area contributed by atoms with Crippen molar-refractivity contribution in [3.05, 3.63) is 11.1 Å². The first kappa shape index (κ1) is 11.5. The van der Waals surface area contributed by atoms with Gasteiger partial charge < -0.3 is 11.1 Å². The van der Waals surface area contributed by atoms with Gasteiger partial charge in [0.25, 0.3) is 0 Å². The van der Waals surface area contributed by atoms with Crippen molar-refractivity contribution in [2.45, 2.75) is 27.2 Å². The number of hydrogen-bond donors (Lipinski definition) is 2. The SMILES string of the molecule is CC(C)(C)CNCCc1csc(N)n1. The molecule has 80 valence electrons. The molecular weight excluding hydrogens is 194 g/mol. The molecule has 0 radical (unpaired) electrons. The highest BCUT2D eigenvalue weighted by atomic mass is 32.1. The van der Waals surface area contributed by atoms with Crippen LogP contribution in [-0.2, 0) is 6.42 Å². The Morgan fingerprint density at radius 2 is 2.21 bits per heavy atom. The summed E-state index contributed by atoms with van der Waals surface area (Å²) in [5.74, 6) is 0. The van der Waals surface area contributed by atoms with Crippen molar-refractivity contribution in [3.63, 3.8) is 0 Å². The van der Waals surface area contributed by atoms with Crippen LogP contribution in [0.25, 0.3) is 0 Å². The third kappa shape index (κ3) is 4.58. The van der Waals surface area contributed by atoms with Crippen LogP contribution in [-0.4, -0.2) is 18.1 Å². The number of nitrogens with one attached hydrogen (secondary N) is 1. The lowest BCUT2D eigenvalue weighted by molar-refractivity contribution is 0.381. The second-order valence-electron chi connectivity index (χ2n) is 4.66. The molecule has 14 heavy (non-hydrogen) atoms. The fraction of sp³-hybridized carbons (Fsp3) is 0.700. The van der Waals surface area contributed by atoms with Crippen LogP contribution in [0.4, 0.5) is 5.13 Å². The molecule has 1 aromatic heterocycles. The Morgan fingerprint density at radius 1 is 1.50 bits per heavy atom. The third-order valence-corrected chi connectivity index (χ3v) is 2.51. The summed E-state index contributed by atoms with van der Waals surface area (Å²) < 4.78 is 0. The Balaban J connectivity index is 2.16. The fourth-order valence-corrected chi connectivity index (χ4v) is 1.71. The topological polar surface area (TPSA) is 50.9 Å². The largest absolute Gasteiger partial charge is 0.375 e. The van der Waals surface area contributed by atoms with E-state index in [-0.39, 0.29) is 0 Å². The van der Waals surface area contributed by atoms with E-state index >= 15 is 0 Å². The summed E-state index contributed by atoms with van der Waals surface area (Å²) in [6.07, 6.45) is 0.962. The number of nitrogens with two attached hydrogens (primary N) is 1. The van der Waals surface area contributed by atoms with Gasteiger partial charge in [-0.3, -0.25) is 0 Å². The minimum absolute atomic E-state index is 0.348. The van der Waals surface area contributed by atoms with Gasteiger partial charge in [-0.05, 0) is 5.41 Å². The van der Waals surface area contributed by atoms with E-state index in [1.807, 2.05) is 5.38 Å². The summed E-state index contributed by atoms with van der Waals surface area (Å²) in [6.45, 7) is 8.68. The second-order valence-corrected chi connectivity index (χ2v) is 5.55. The van der Waals surface area contributed by atoms with Crippen LogP contribution in [0.5, 0.6) is 0 Å². The molecule has 1 heterocycles. The van der Waals surface area contributed by atoms with Gasteiger partial charge in [0.15, 0.2) is 5.13 Å². The van der Waals surface area contributed by atoms with Crippen LogP contribution in [0.15, 0.2) is 5.38 Å². The number of rotatable bonds is 4. The Morgan fingerprint density at radius 3 is 2.71 bits per heavy atom. The molecule has 0 saturated heterocycles. The van der Waals surface area contributed by atoms with Gasteiger partial charge >= 0.3 is 0 Å². The lowest BCUT2D eigenvalue weighted by atomic mass is 9.97. The van der Waals surface area contributed by atoms with Crippen LogP contribution < -0.4 is 11.1 Å². The molecule has 0 spiro atoms. The van der Waals surface area contributed by atoms with Gasteiger partial charge in [0.05, 0.1) is 5.69 Å². The maximum absolute atomic E-state index is 5.54. The van der Waals surface area contributed by atoms with E-state index in [1.54, 1.807) is 0 Å². The van der Waals surface area contributed by atoms with E-state index in [4.69, 9.17) is 5.73 Å². The molecule has 3 nitrogen and oxygen atoms in total. The molecule has 1 rings (SSSR count). The smallest absolute Gasteiger partial charge is 0.180 e. The summed E-state index contributed by atoms with van der Waals surface area (Å²) in [5, 5.41) is 6.09. The van der Waals surface area contributed by atoms with Gasteiger partial charge in [0.1, 0.15) is 0 Å². The Hall–Kier alpha value is -0.610. The van der Waals surface area contributed by atoms with E-state index < -0.39 is 0 Å². The van der Waals surface area contributed by atoms with Crippen molar-refractivity contribution < 1.29 is 0 Å². The van der Waals surface area contributed by atoms with Crippen LogP contribution >= 0.6 is 11.3 Å². The van der Waals surface area contributed by atoms with Gasteiger partial charge in [0.2, 0.25) is 0 Å². The molecule has 0 aliphatic rings. The van der Waals surface area contributed by atoms with E-state index in [0.29, 0.717) is 10.5 Å². The van der Waals surface area contributed by atoms with E-state index in [2.05, 4.69) is 31.1 Å². The fourth-order valence-electron chi connectivity index (χ4n) is 1.12. The Kier molecular flexibility index (Phi) is 3.89. The average molecular weight is 213 g/mol. The number of nitrogens with zero attached hydrogens (tertiary/aromatic N) is 1. The molecule has 0 fully saturated rings. The first-order chi connectivity index (χ1) is 6.47. The lowest BCUT2D eigenvalue weighted by Crippen LogP contribution is -2.28. The number of thiazole rings is 1. The average Bonchev–Trinajstić information content (AvgIpc) is 2.44. The highest BCUT2D eigenvalue weighted by Gasteiger charge is 2.08. The molecule has 0 amide bonds. The van der Waals surface area contributed by atoms with Crippen LogP contribution in [0, 0.1) is 5.41 Å². The number of nitrogen functional groups attached to an aromatic ring is 1. The maximum Gasteiger partial charge on any atom is 0.180 e. The summed E-state index contributed by atoms with van der Waals surface area (Å²) in [7, 11) is 0. The zero-order valence-corrected chi connectivity index (χ0v) is 9.95. The number of hydrogen-bond acceptors (Lipinski definition) is 4. The predicted octanol–water partition coefficient (Wildman–Crippen LogP) is 1.90. The first-order valence-corrected chi connectivity index (χ1v) is 5.76. The lowest BCUT2D eigenvalue weighted by Gasteiger charge is -2.18. The van der Waals surface area contributed by atoms with Crippen LogP contribution in [0.3, 0.4) is 0 Å². The monoisotopic (exact) mass is 213 g/mol. The van der Waals surface area contributed by atoms with Gasteiger partial charge in [-0.1, -0.05) is 20.8 Å². The molecule has 3 N–H and O–H groups in total. The van der Waals surface area contributed by atoms with E-state index in [1.165, 1.54) is 11.3 Å². The molecule has 1 aromatic rings. The van der Waals surface area contributed by atoms with Crippen molar-refractivity contribution in [2.75, 3.05) is 18.8 Å². The van der Waals surface area contributed by atoms with Gasteiger partial charge in [-0.15, -0.1) is 11.3 Å². The van der Waals surface area contributed by atoms with E-state index in [9.17, 15) is 0 Å². The highest BCUT2D eigenvalue weighted by molar-refractivity contribution is 7.13. The maximum atomic E-state index is 5.54. The summed E-state index contributed by atoms with van der Waals surface area (Å²) in [5.41, 5.74) is 6.98. The van der Waals surface area contributed by atoms with Crippen LogP contribution in [0.2, 0.25) is 0 Å². The first-order valence-electron chi connectivity index (χ1n) is 4.88. The van der Waals surface area contributed by atoms with Gasteiger partial charge in [0, 0.05) is 24.9 Å². The van der Waals surface area contributed by atoms with Gasteiger partial charge in [-0.25, -0.2) is 4.98 Å². The molecule has 4 heteroatoms. The highest BCUT2D eigenvalue weighted by Crippen LogP contribution is 2.12. The molecule has 0 atom stereocenters. The second kappa shape index (κ2) is 4.75. The summed E-state index contributed by atoms with van der Waals surface area (Å²) >= 11 is 1.51. The van der Waals surface area contributed by atoms with Crippen LogP contribution in [0.1, 0.15) is 26.5 Å². The van der Waals surface area contributed by atoms with Crippen molar-refractivity contribution >= 4 is 16.5 Å². The Bertz CT molecular complexity index is 275. The van der Waals surface area contributed by atoms with E-state index in [0.717, 1.165) is 25.2 Å². The molecule has 0 aliphatic carbocycles. The normalized spacial score (nSPS) is 11.9. The minimum Gasteiger partial charge on any atom is -0.375 e.